The summed E-state index contributed by atoms with van der Waals surface area (Å²) in [6, 6.07) is 3.76. The Morgan fingerprint density at radius 2 is 2.11 bits per heavy atom. The minimum absolute atomic E-state index is 0.0120. The number of nitriles is 2. The van der Waals surface area contributed by atoms with E-state index in [4.69, 9.17) is 10.5 Å². The standard InChI is InChI=1S/C14H19N3OS/c1-3-5-6-11(4-2)9-17-13(18)10-19-14(17)12(7-15)8-16/h11H,3-6,9-10H2,1-2H3. The van der Waals surface area contributed by atoms with Gasteiger partial charge < -0.3 is 4.90 Å². The Morgan fingerprint density at radius 1 is 1.42 bits per heavy atom. The molecule has 19 heavy (non-hydrogen) atoms. The smallest absolute Gasteiger partial charge is 0.237 e. The minimum atomic E-state index is 0.0120. The fourth-order valence-electron chi connectivity index (χ4n) is 2.09. The summed E-state index contributed by atoms with van der Waals surface area (Å²) in [5.41, 5.74) is 0.0567. The highest BCUT2D eigenvalue weighted by Crippen LogP contribution is 2.33. The molecule has 4 nitrogen and oxygen atoms in total. The van der Waals surface area contributed by atoms with Gasteiger partial charge in [-0.05, 0) is 12.3 Å². The van der Waals surface area contributed by atoms with Crippen LogP contribution in [0.4, 0.5) is 0 Å². The number of carbonyl (C=O) groups is 1. The largest absolute Gasteiger partial charge is 0.304 e. The summed E-state index contributed by atoms with van der Waals surface area (Å²) in [6.45, 7) is 4.90. The molecule has 1 aliphatic heterocycles. The summed E-state index contributed by atoms with van der Waals surface area (Å²) in [7, 11) is 0. The molecule has 0 aromatic heterocycles. The van der Waals surface area contributed by atoms with Crippen molar-refractivity contribution in [3.8, 4) is 12.1 Å². The number of hydrogen-bond donors (Lipinski definition) is 0. The van der Waals surface area contributed by atoms with Crippen LogP contribution >= 0.6 is 11.8 Å². The van der Waals surface area contributed by atoms with Gasteiger partial charge in [-0.3, -0.25) is 4.79 Å². The summed E-state index contributed by atoms with van der Waals surface area (Å²) in [5.74, 6) is 0.793. The van der Waals surface area contributed by atoms with Gasteiger partial charge in [0, 0.05) is 6.54 Å². The third-order valence-electron chi connectivity index (χ3n) is 3.30. The average molecular weight is 277 g/mol. The van der Waals surface area contributed by atoms with Crippen molar-refractivity contribution < 1.29 is 4.79 Å². The van der Waals surface area contributed by atoms with Crippen molar-refractivity contribution in [1.29, 1.82) is 10.5 Å². The fraction of sp³-hybridized carbons (Fsp3) is 0.643. The van der Waals surface area contributed by atoms with Gasteiger partial charge in [-0.1, -0.05) is 44.9 Å². The van der Waals surface area contributed by atoms with Crippen LogP contribution < -0.4 is 0 Å². The van der Waals surface area contributed by atoms with Crippen molar-refractivity contribution in [2.24, 2.45) is 5.92 Å². The molecule has 102 valence electrons. The first-order valence-corrected chi connectivity index (χ1v) is 7.64. The van der Waals surface area contributed by atoms with Crippen LogP contribution in [-0.4, -0.2) is 23.1 Å². The highest BCUT2D eigenvalue weighted by atomic mass is 32.2. The Morgan fingerprint density at radius 3 is 2.63 bits per heavy atom. The number of nitrogens with zero attached hydrogens (tertiary/aromatic N) is 3. The Kier molecular flexibility index (Phi) is 6.45. The molecule has 0 radical (unpaired) electrons. The summed E-state index contributed by atoms with van der Waals surface area (Å²) >= 11 is 1.30. The van der Waals surface area contributed by atoms with Crippen molar-refractivity contribution in [2.45, 2.75) is 39.5 Å². The molecule has 1 aliphatic rings. The third-order valence-corrected chi connectivity index (χ3v) is 4.39. The molecule has 0 aromatic carbocycles. The van der Waals surface area contributed by atoms with Crippen LogP contribution in [0.2, 0.25) is 0 Å². The molecule has 0 spiro atoms. The van der Waals surface area contributed by atoms with E-state index in [0.29, 0.717) is 23.2 Å². The molecule has 0 aliphatic carbocycles. The maximum atomic E-state index is 11.9. The maximum absolute atomic E-state index is 11.9. The predicted octanol–water partition coefficient (Wildman–Crippen LogP) is 3.04. The van der Waals surface area contributed by atoms with Gasteiger partial charge in [-0.2, -0.15) is 10.5 Å². The molecule has 1 heterocycles. The zero-order chi connectivity index (χ0) is 14.3. The van der Waals surface area contributed by atoms with E-state index in [9.17, 15) is 4.79 Å². The molecule has 0 saturated carbocycles. The van der Waals surface area contributed by atoms with E-state index < -0.39 is 0 Å². The van der Waals surface area contributed by atoms with Gasteiger partial charge in [0.15, 0.2) is 5.57 Å². The second-order valence-electron chi connectivity index (χ2n) is 4.61. The van der Waals surface area contributed by atoms with Crippen LogP contribution in [0.5, 0.6) is 0 Å². The van der Waals surface area contributed by atoms with Gasteiger partial charge in [0.2, 0.25) is 5.91 Å². The number of rotatable bonds is 6. The lowest BCUT2D eigenvalue weighted by Gasteiger charge is -2.23. The van der Waals surface area contributed by atoms with Gasteiger partial charge in [-0.15, -0.1) is 0 Å². The van der Waals surface area contributed by atoms with Crippen LogP contribution in [0.3, 0.4) is 0 Å². The van der Waals surface area contributed by atoms with Crippen molar-refractivity contribution in [2.75, 3.05) is 12.3 Å². The monoisotopic (exact) mass is 277 g/mol. The maximum Gasteiger partial charge on any atom is 0.237 e. The molecule has 0 N–H and O–H groups in total. The van der Waals surface area contributed by atoms with Crippen LogP contribution in [0.1, 0.15) is 39.5 Å². The van der Waals surface area contributed by atoms with Crippen LogP contribution in [0, 0.1) is 28.6 Å². The fourth-order valence-corrected chi connectivity index (χ4v) is 3.07. The molecular weight excluding hydrogens is 258 g/mol. The van der Waals surface area contributed by atoms with Crippen molar-refractivity contribution in [1.82, 2.24) is 4.90 Å². The second-order valence-corrected chi connectivity index (χ2v) is 5.58. The van der Waals surface area contributed by atoms with E-state index in [1.165, 1.54) is 11.8 Å². The lowest BCUT2D eigenvalue weighted by atomic mass is 9.99. The first-order valence-electron chi connectivity index (χ1n) is 6.65. The molecule has 1 atom stereocenters. The van der Waals surface area contributed by atoms with Gasteiger partial charge in [0.1, 0.15) is 17.2 Å². The molecule has 0 aromatic rings. The number of carbonyl (C=O) groups excluding carboxylic acids is 1. The number of unbranched alkanes of at least 4 members (excludes halogenated alkanes) is 1. The predicted molar refractivity (Wildman–Crippen MR) is 75.7 cm³/mol. The van der Waals surface area contributed by atoms with E-state index in [-0.39, 0.29) is 11.5 Å². The van der Waals surface area contributed by atoms with Crippen LogP contribution in [0.15, 0.2) is 10.6 Å². The topological polar surface area (TPSA) is 67.9 Å². The lowest BCUT2D eigenvalue weighted by Crippen LogP contribution is -2.30. The van der Waals surface area contributed by atoms with Crippen molar-refractivity contribution in [3.05, 3.63) is 10.6 Å². The van der Waals surface area contributed by atoms with E-state index in [0.717, 1.165) is 25.7 Å². The molecule has 1 rings (SSSR count). The summed E-state index contributed by atoms with van der Waals surface area (Å²) in [5, 5.41) is 18.4. The SMILES string of the molecule is CCCCC(CC)CN1C(=O)CSC1=C(C#N)C#N. The minimum Gasteiger partial charge on any atom is -0.304 e. The molecule has 5 heteroatoms. The Labute approximate surface area is 119 Å². The van der Waals surface area contributed by atoms with E-state index in [1.807, 2.05) is 12.1 Å². The zero-order valence-corrected chi connectivity index (χ0v) is 12.3. The highest BCUT2D eigenvalue weighted by Gasteiger charge is 2.31. The van der Waals surface area contributed by atoms with Gasteiger partial charge in [0.25, 0.3) is 0 Å². The second kappa shape index (κ2) is 7.86. The molecule has 1 saturated heterocycles. The van der Waals surface area contributed by atoms with Gasteiger partial charge >= 0.3 is 0 Å². The molecule has 1 amide bonds. The lowest BCUT2D eigenvalue weighted by molar-refractivity contribution is -0.125. The zero-order valence-electron chi connectivity index (χ0n) is 11.5. The van der Waals surface area contributed by atoms with E-state index in [1.54, 1.807) is 4.90 Å². The first kappa shape index (κ1) is 15.6. The van der Waals surface area contributed by atoms with Crippen molar-refractivity contribution >= 4 is 17.7 Å². The summed E-state index contributed by atoms with van der Waals surface area (Å²) < 4.78 is 0. The van der Waals surface area contributed by atoms with E-state index >= 15 is 0 Å². The van der Waals surface area contributed by atoms with Gasteiger partial charge in [-0.25, -0.2) is 0 Å². The van der Waals surface area contributed by atoms with Crippen LogP contribution in [-0.2, 0) is 4.79 Å². The Hall–Kier alpha value is -1.46. The summed E-state index contributed by atoms with van der Waals surface area (Å²) in [6.07, 6.45) is 4.39. The Bertz CT molecular complexity index is 429. The normalized spacial score (nSPS) is 16.1. The highest BCUT2D eigenvalue weighted by molar-refractivity contribution is 8.04. The molecule has 1 fully saturated rings. The molecule has 1 unspecified atom stereocenters. The molecule has 0 bridgehead atoms. The van der Waals surface area contributed by atoms with E-state index in [2.05, 4.69) is 13.8 Å². The number of allylic oxidation sites excluding steroid dienone is 1. The van der Waals surface area contributed by atoms with Gasteiger partial charge in [0.05, 0.1) is 5.75 Å². The number of hydrogen-bond acceptors (Lipinski definition) is 4. The summed E-state index contributed by atoms with van der Waals surface area (Å²) in [4.78, 5) is 13.5. The quantitative estimate of drug-likeness (QED) is 0.700. The number of thioether (sulfide) groups is 1. The van der Waals surface area contributed by atoms with Crippen LogP contribution in [0.25, 0.3) is 0 Å². The molecular formula is C14H19N3OS. The first-order chi connectivity index (χ1) is 9.17. The van der Waals surface area contributed by atoms with Crippen molar-refractivity contribution in [3.63, 3.8) is 0 Å². The average Bonchev–Trinajstić information content (AvgIpc) is 2.78. The number of amides is 1. The Balaban J connectivity index is 2.84. The third kappa shape index (κ3) is 4.01.